The van der Waals surface area contributed by atoms with E-state index in [0.29, 0.717) is 41.7 Å². The summed E-state index contributed by atoms with van der Waals surface area (Å²) in [5.41, 5.74) is 2.42. The van der Waals surface area contributed by atoms with Crippen LogP contribution in [-0.2, 0) is 0 Å². The minimum atomic E-state index is -0.437. The van der Waals surface area contributed by atoms with Crippen molar-refractivity contribution >= 4 is 23.2 Å². The molecule has 31 heavy (non-hydrogen) atoms. The number of benzene rings is 2. The van der Waals surface area contributed by atoms with Gasteiger partial charge in [0.1, 0.15) is 17.2 Å². The van der Waals surface area contributed by atoms with Gasteiger partial charge in [0.2, 0.25) is 0 Å². The predicted molar refractivity (Wildman–Crippen MR) is 118 cm³/mol. The third kappa shape index (κ3) is 5.36. The molecule has 0 saturated carbocycles. The normalized spacial score (nSPS) is 10.3. The number of carbonyl (C=O) groups excluding carboxylic acids is 2. The summed E-state index contributed by atoms with van der Waals surface area (Å²) in [6, 6.07) is 10.6. The molecule has 8 nitrogen and oxygen atoms in total. The van der Waals surface area contributed by atoms with Gasteiger partial charge in [0.15, 0.2) is 0 Å². The van der Waals surface area contributed by atoms with E-state index in [1.807, 2.05) is 39.0 Å². The molecule has 0 aliphatic rings. The number of nitrogens with one attached hydrogen (secondary N) is 2. The van der Waals surface area contributed by atoms with E-state index in [-0.39, 0.29) is 11.6 Å². The van der Waals surface area contributed by atoms with E-state index in [1.54, 1.807) is 18.2 Å². The van der Waals surface area contributed by atoms with Crippen LogP contribution in [0.25, 0.3) is 0 Å². The van der Waals surface area contributed by atoms with Gasteiger partial charge in [-0.1, -0.05) is 18.2 Å². The fourth-order valence-electron chi connectivity index (χ4n) is 2.93. The number of hydrogen-bond donors (Lipinski definition) is 2. The number of ether oxygens (including phenoxy) is 2. The second-order valence-corrected chi connectivity index (χ2v) is 6.52. The quantitative estimate of drug-likeness (QED) is 0.569. The second-order valence-electron chi connectivity index (χ2n) is 6.52. The average Bonchev–Trinajstić information content (AvgIpc) is 2.77. The standard InChI is InChI=1S/C23H24N4O4/c1-4-30-20-13-18(27-23(29)19-14-24-10-11-25-19)21(31-5-2)12-17(20)26-22(28)16-9-7-6-8-15(16)3/h6-14H,4-5H2,1-3H3,(H,26,28)(H,27,29). The van der Waals surface area contributed by atoms with Crippen molar-refractivity contribution in [3.63, 3.8) is 0 Å². The molecule has 0 radical (unpaired) electrons. The van der Waals surface area contributed by atoms with Crippen LogP contribution in [0.15, 0.2) is 55.0 Å². The van der Waals surface area contributed by atoms with Crippen molar-refractivity contribution in [2.24, 2.45) is 0 Å². The fourth-order valence-corrected chi connectivity index (χ4v) is 2.93. The van der Waals surface area contributed by atoms with Crippen molar-refractivity contribution in [1.29, 1.82) is 0 Å². The van der Waals surface area contributed by atoms with Crippen LogP contribution in [-0.4, -0.2) is 35.0 Å². The third-order valence-corrected chi connectivity index (χ3v) is 4.36. The third-order valence-electron chi connectivity index (χ3n) is 4.36. The van der Waals surface area contributed by atoms with Gasteiger partial charge in [-0.05, 0) is 32.4 Å². The van der Waals surface area contributed by atoms with Crippen molar-refractivity contribution in [3.8, 4) is 11.5 Å². The molecule has 0 unspecified atom stereocenters. The number of anilines is 2. The number of aryl methyl sites for hydroxylation is 1. The zero-order chi connectivity index (χ0) is 22.2. The molecule has 0 fully saturated rings. The molecule has 8 heteroatoms. The Morgan fingerprint density at radius 2 is 1.52 bits per heavy atom. The highest BCUT2D eigenvalue weighted by Gasteiger charge is 2.18. The number of rotatable bonds is 8. The Hall–Kier alpha value is -3.94. The van der Waals surface area contributed by atoms with Crippen LogP contribution in [0.3, 0.4) is 0 Å². The SMILES string of the molecule is CCOc1cc(NC(=O)c2ccccc2C)c(OCC)cc1NC(=O)c1cnccn1. The van der Waals surface area contributed by atoms with Crippen LogP contribution < -0.4 is 20.1 Å². The van der Waals surface area contributed by atoms with Gasteiger partial charge in [-0.25, -0.2) is 4.98 Å². The highest BCUT2D eigenvalue weighted by molar-refractivity contribution is 6.07. The van der Waals surface area contributed by atoms with Crippen molar-refractivity contribution in [2.75, 3.05) is 23.8 Å². The minimum absolute atomic E-state index is 0.167. The molecule has 1 heterocycles. The summed E-state index contributed by atoms with van der Waals surface area (Å²) in [6.45, 7) is 6.28. The molecule has 0 aliphatic heterocycles. The molecule has 160 valence electrons. The Balaban J connectivity index is 1.94. The van der Waals surface area contributed by atoms with Crippen LogP contribution in [0.2, 0.25) is 0 Å². The molecule has 2 aromatic carbocycles. The van der Waals surface area contributed by atoms with Crippen LogP contribution in [0.4, 0.5) is 11.4 Å². The van der Waals surface area contributed by atoms with E-state index in [2.05, 4.69) is 20.6 Å². The van der Waals surface area contributed by atoms with Gasteiger partial charge in [-0.3, -0.25) is 14.6 Å². The molecule has 3 aromatic rings. The first-order valence-corrected chi connectivity index (χ1v) is 9.91. The molecule has 2 N–H and O–H groups in total. The Morgan fingerprint density at radius 3 is 2.06 bits per heavy atom. The van der Waals surface area contributed by atoms with Crippen LogP contribution in [0.1, 0.15) is 40.3 Å². The monoisotopic (exact) mass is 420 g/mol. The minimum Gasteiger partial charge on any atom is -0.492 e. The predicted octanol–water partition coefficient (Wildman–Crippen LogP) is 4.09. The second kappa shape index (κ2) is 10.2. The number of aromatic nitrogens is 2. The largest absolute Gasteiger partial charge is 0.492 e. The highest BCUT2D eigenvalue weighted by atomic mass is 16.5. The highest BCUT2D eigenvalue weighted by Crippen LogP contribution is 2.37. The average molecular weight is 420 g/mol. The van der Waals surface area contributed by atoms with E-state index in [0.717, 1.165) is 5.56 Å². The molecule has 0 saturated heterocycles. The summed E-state index contributed by atoms with van der Waals surface area (Å²) in [5.74, 6) is 0.0941. The van der Waals surface area contributed by atoms with E-state index in [4.69, 9.17) is 9.47 Å². The maximum atomic E-state index is 12.8. The Kier molecular flexibility index (Phi) is 7.16. The number of hydrogen-bond acceptors (Lipinski definition) is 6. The van der Waals surface area contributed by atoms with E-state index in [9.17, 15) is 9.59 Å². The van der Waals surface area contributed by atoms with Gasteiger partial charge in [-0.2, -0.15) is 0 Å². The lowest BCUT2D eigenvalue weighted by atomic mass is 10.1. The molecule has 2 amide bonds. The molecule has 0 atom stereocenters. The Labute approximate surface area is 180 Å². The first-order valence-electron chi connectivity index (χ1n) is 9.91. The van der Waals surface area contributed by atoms with Gasteiger partial charge >= 0.3 is 0 Å². The van der Waals surface area contributed by atoms with E-state index < -0.39 is 5.91 Å². The lowest BCUT2D eigenvalue weighted by molar-refractivity contribution is 0.101. The van der Waals surface area contributed by atoms with Crippen molar-refractivity contribution in [3.05, 3.63) is 71.8 Å². The maximum absolute atomic E-state index is 12.8. The van der Waals surface area contributed by atoms with Crippen LogP contribution >= 0.6 is 0 Å². The van der Waals surface area contributed by atoms with Crippen molar-refractivity contribution in [2.45, 2.75) is 20.8 Å². The number of carbonyl (C=O) groups is 2. The van der Waals surface area contributed by atoms with Gasteiger partial charge in [-0.15, -0.1) is 0 Å². The summed E-state index contributed by atoms with van der Waals surface area (Å²) < 4.78 is 11.4. The summed E-state index contributed by atoms with van der Waals surface area (Å²) in [4.78, 5) is 33.3. The summed E-state index contributed by atoms with van der Waals surface area (Å²) in [7, 11) is 0. The molecule has 0 aliphatic carbocycles. The number of amides is 2. The molecule has 3 rings (SSSR count). The van der Waals surface area contributed by atoms with Gasteiger partial charge < -0.3 is 20.1 Å². The molecular weight excluding hydrogens is 396 g/mol. The van der Waals surface area contributed by atoms with Gasteiger partial charge in [0, 0.05) is 30.1 Å². The fraction of sp³-hybridized carbons (Fsp3) is 0.217. The van der Waals surface area contributed by atoms with Crippen molar-refractivity contribution < 1.29 is 19.1 Å². The van der Waals surface area contributed by atoms with Gasteiger partial charge in [0.05, 0.1) is 30.8 Å². The Bertz CT molecular complexity index is 1070. The summed E-state index contributed by atoms with van der Waals surface area (Å²) >= 11 is 0. The molecule has 0 bridgehead atoms. The van der Waals surface area contributed by atoms with Crippen LogP contribution in [0.5, 0.6) is 11.5 Å². The first-order chi connectivity index (χ1) is 15.0. The smallest absolute Gasteiger partial charge is 0.275 e. The van der Waals surface area contributed by atoms with Crippen LogP contribution in [0, 0.1) is 6.92 Å². The van der Waals surface area contributed by atoms with Gasteiger partial charge in [0.25, 0.3) is 11.8 Å². The van der Waals surface area contributed by atoms with E-state index >= 15 is 0 Å². The lowest BCUT2D eigenvalue weighted by Gasteiger charge is -2.18. The molecular formula is C23H24N4O4. The summed E-state index contributed by atoms with van der Waals surface area (Å²) in [5, 5.41) is 5.66. The topological polar surface area (TPSA) is 102 Å². The molecule has 1 aromatic heterocycles. The summed E-state index contributed by atoms with van der Waals surface area (Å²) in [6.07, 6.45) is 4.30. The zero-order valence-electron chi connectivity index (χ0n) is 17.6. The Morgan fingerprint density at radius 1 is 0.903 bits per heavy atom. The van der Waals surface area contributed by atoms with E-state index in [1.165, 1.54) is 18.6 Å². The maximum Gasteiger partial charge on any atom is 0.275 e. The molecule has 0 spiro atoms. The van der Waals surface area contributed by atoms with Crippen molar-refractivity contribution in [1.82, 2.24) is 9.97 Å². The lowest BCUT2D eigenvalue weighted by Crippen LogP contribution is -2.17. The first kappa shape index (κ1) is 21.8. The number of nitrogens with zero attached hydrogens (tertiary/aromatic N) is 2. The zero-order valence-corrected chi connectivity index (χ0v) is 17.6.